The molecule has 0 bridgehead atoms. The van der Waals surface area contributed by atoms with Crippen LogP contribution in [0.25, 0.3) is 17.1 Å². The summed E-state index contributed by atoms with van der Waals surface area (Å²) in [6, 6.07) is 7.88. The quantitative estimate of drug-likeness (QED) is 0.286. The van der Waals surface area contributed by atoms with E-state index >= 15 is 0 Å². The van der Waals surface area contributed by atoms with Gasteiger partial charge in [0, 0.05) is 17.1 Å². The molecule has 2 aromatic carbocycles. The van der Waals surface area contributed by atoms with Gasteiger partial charge in [0.2, 0.25) is 0 Å². The Morgan fingerprint density at radius 3 is 2.41 bits per heavy atom. The summed E-state index contributed by atoms with van der Waals surface area (Å²) < 4.78 is 82.6. The summed E-state index contributed by atoms with van der Waals surface area (Å²) in [5.74, 6) is -1.20. The van der Waals surface area contributed by atoms with Crippen LogP contribution in [-0.4, -0.2) is 76.1 Å². The largest absolute Gasteiger partial charge is 0.416 e. The Hall–Kier alpha value is -3.89. The molecule has 10 nitrogen and oxygen atoms in total. The number of para-hydroxylation sites is 1. The summed E-state index contributed by atoms with van der Waals surface area (Å²) in [4.78, 5) is 31.3. The Kier molecular flexibility index (Phi) is 8.52. The first-order valence-corrected chi connectivity index (χ1v) is 13.7. The Morgan fingerprint density at radius 1 is 1.05 bits per heavy atom. The summed E-state index contributed by atoms with van der Waals surface area (Å²) in [5.41, 5.74) is -1.01. The van der Waals surface area contributed by atoms with Gasteiger partial charge in [0.05, 0.1) is 22.8 Å². The van der Waals surface area contributed by atoms with E-state index in [1.54, 1.807) is 0 Å². The zero-order valence-electron chi connectivity index (χ0n) is 22.2. The van der Waals surface area contributed by atoms with E-state index in [4.69, 9.17) is 23.2 Å². The molecule has 1 aliphatic heterocycles. The van der Waals surface area contributed by atoms with Crippen LogP contribution in [0.3, 0.4) is 0 Å². The van der Waals surface area contributed by atoms with Crippen molar-refractivity contribution < 1.29 is 36.2 Å². The lowest BCUT2D eigenvalue weighted by molar-refractivity contribution is -0.207. The molecule has 0 radical (unpaired) electrons. The van der Waals surface area contributed by atoms with Crippen LogP contribution in [0.4, 0.5) is 26.3 Å². The van der Waals surface area contributed by atoms with Gasteiger partial charge >= 0.3 is 18.0 Å². The number of aromatic nitrogens is 6. The van der Waals surface area contributed by atoms with Crippen molar-refractivity contribution in [3.8, 4) is 17.1 Å². The maximum atomic E-state index is 13.6. The lowest BCUT2D eigenvalue weighted by Gasteiger charge is -2.27. The van der Waals surface area contributed by atoms with Gasteiger partial charge in [-0.1, -0.05) is 29.3 Å². The number of aliphatic hydroxyl groups excluding tert-OH is 1. The van der Waals surface area contributed by atoms with Gasteiger partial charge in [0.25, 0.3) is 5.91 Å². The van der Waals surface area contributed by atoms with Gasteiger partial charge in [0.15, 0.2) is 17.8 Å². The minimum absolute atomic E-state index is 0.0253. The van der Waals surface area contributed by atoms with E-state index in [1.807, 2.05) is 0 Å². The first-order valence-electron chi connectivity index (χ1n) is 12.9. The molecule has 1 amide bonds. The van der Waals surface area contributed by atoms with Crippen molar-refractivity contribution in [1.82, 2.24) is 34.0 Å². The number of likely N-dealkylation sites (tertiary alicyclic amines) is 1. The van der Waals surface area contributed by atoms with Crippen LogP contribution < -0.4 is 5.69 Å². The third-order valence-corrected chi connectivity index (χ3v) is 7.48. The van der Waals surface area contributed by atoms with Crippen LogP contribution in [0.5, 0.6) is 0 Å². The van der Waals surface area contributed by atoms with Gasteiger partial charge in [-0.25, -0.2) is 19.1 Å². The van der Waals surface area contributed by atoms with E-state index in [-0.39, 0.29) is 52.9 Å². The van der Waals surface area contributed by atoms with E-state index in [2.05, 4.69) is 15.2 Å². The number of hydrogen-bond donors (Lipinski definition) is 1. The highest BCUT2D eigenvalue weighted by atomic mass is 35.5. The van der Waals surface area contributed by atoms with E-state index in [9.17, 15) is 41.0 Å². The molecular formula is C26H21Cl2F6N7O3. The fourth-order valence-corrected chi connectivity index (χ4v) is 5.22. The summed E-state index contributed by atoms with van der Waals surface area (Å²) in [5, 5.41) is 18.3. The highest BCUT2D eigenvalue weighted by Gasteiger charge is 2.48. The number of benzene rings is 2. The smallest absolute Gasteiger partial charge is 0.382 e. The monoisotopic (exact) mass is 663 g/mol. The minimum Gasteiger partial charge on any atom is -0.382 e. The minimum atomic E-state index is -5.02. The van der Waals surface area contributed by atoms with Crippen molar-refractivity contribution in [1.29, 1.82) is 0 Å². The van der Waals surface area contributed by atoms with E-state index in [1.165, 1.54) is 42.5 Å². The average molecular weight is 664 g/mol. The maximum absolute atomic E-state index is 13.6. The molecule has 1 N–H and O–H groups in total. The standard InChI is InChI=1S/C26H21Cl2F6N7O3/c27-15-8-6-14(7-9-15)22-37-40(24(44)39(22)11-19(42)26(32,33)34)12-20-35-13-41(36-20)21-16(3-1-4-17(21)28)23(43)38-10-2-5-18(38)25(29,30)31/h1,3-4,6-9,13,18-19,42H,2,5,10-12H2/t18-,19-/m1/s1. The molecule has 3 heterocycles. The number of carbonyl (C=O) groups is 1. The normalized spacial score (nSPS) is 16.5. The molecule has 0 aliphatic carbocycles. The Morgan fingerprint density at radius 2 is 1.75 bits per heavy atom. The number of halogens is 8. The van der Waals surface area contributed by atoms with Crippen molar-refractivity contribution in [2.75, 3.05) is 6.54 Å². The molecule has 4 aromatic rings. The molecule has 1 fully saturated rings. The molecule has 2 aromatic heterocycles. The van der Waals surface area contributed by atoms with Crippen LogP contribution in [0.1, 0.15) is 29.0 Å². The maximum Gasteiger partial charge on any atom is 0.416 e. The molecule has 234 valence electrons. The molecule has 18 heteroatoms. The molecule has 44 heavy (non-hydrogen) atoms. The van der Waals surface area contributed by atoms with Gasteiger partial charge in [-0.2, -0.15) is 26.3 Å². The molecular weight excluding hydrogens is 643 g/mol. The van der Waals surface area contributed by atoms with Gasteiger partial charge in [0.1, 0.15) is 18.9 Å². The average Bonchev–Trinajstić information content (AvgIpc) is 3.69. The number of nitrogens with zero attached hydrogens (tertiary/aromatic N) is 7. The van der Waals surface area contributed by atoms with Crippen molar-refractivity contribution >= 4 is 29.1 Å². The fraction of sp³-hybridized carbons (Fsp3) is 0.346. The number of hydrogen-bond acceptors (Lipinski definition) is 6. The molecule has 0 unspecified atom stereocenters. The van der Waals surface area contributed by atoms with Crippen LogP contribution in [0.2, 0.25) is 10.0 Å². The highest BCUT2D eigenvalue weighted by Crippen LogP contribution is 2.35. The van der Waals surface area contributed by atoms with Crippen LogP contribution in [0.15, 0.2) is 53.6 Å². The summed E-state index contributed by atoms with van der Waals surface area (Å²) >= 11 is 12.2. The molecule has 1 saturated heterocycles. The first kappa shape index (κ1) is 31.5. The molecule has 0 saturated carbocycles. The van der Waals surface area contributed by atoms with Crippen molar-refractivity contribution in [2.24, 2.45) is 0 Å². The predicted molar refractivity (Wildman–Crippen MR) is 145 cm³/mol. The van der Waals surface area contributed by atoms with Crippen LogP contribution in [-0.2, 0) is 13.1 Å². The second-order valence-electron chi connectivity index (χ2n) is 9.88. The van der Waals surface area contributed by atoms with Gasteiger partial charge in [-0.05, 0) is 49.2 Å². The van der Waals surface area contributed by atoms with Crippen molar-refractivity contribution in [2.45, 2.75) is 50.4 Å². The number of rotatable bonds is 7. The Bertz CT molecular complexity index is 1730. The summed E-state index contributed by atoms with van der Waals surface area (Å²) in [7, 11) is 0. The zero-order chi connectivity index (χ0) is 32.0. The number of aliphatic hydroxyl groups is 1. The lowest BCUT2D eigenvalue weighted by atomic mass is 10.1. The lowest BCUT2D eigenvalue weighted by Crippen LogP contribution is -2.44. The predicted octanol–water partition coefficient (Wildman–Crippen LogP) is 4.74. The van der Waals surface area contributed by atoms with E-state index in [0.29, 0.717) is 9.59 Å². The van der Waals surface area contributed by atoms with Gasteiger partial charge < -0.3 is 10.0 Å². The molecule has 5 rings (SSSR count). The SMILES string of the molecule is O=C(c1cccc(Cl)c1-n1cnc(Cn2nc(-c3ccc(Cl)cc3)n(C[C@@H](O)C(F)(F)F)c2=O)n1)N1CCC[C@@H]1C(F)(F)F. The second kappa shape index (κ2) is 11.9. The van der Waals surface area contributed by atoms with Gasteiger partial charge in [-0.15, -0.1) is 10.2 Å². The third kappa shape index (κ3) is 6.32. The topological polar surface area (TPSA) is 111 Å². The Balaban J connectivity index is 1.48. The molecule has 0 spiro atoms. The van der Waals surface area contributed by atoms with Crippen LogP contribution in [0, 0.1) is 0 Å². The Labute approximate surface area is 254 Å². The summed E-state index contributed by atoms with van der Waals surface area (Å²) in [6.45, 7) is -1.72. The van der Waals surface area contributed by atoms with Gasteiger partial charge in [-0.3, -0.25) is 9.36 Å². The first-order chi connectivity index (χ1) is 20.6. The third-order valence-electron chi connectivity index (χ3n) is 6.93. The molecule has 1 aliphatic rings. The molecule has 2 atom stereocenters. The fourth-order valence-electron chi connectivity index (χ4n) is 4.83. The highest BCUT2D eigenvalue weighted by molar-refractivity contribution is 6.33. The number of alkyl halides is 6. The second-order valence-corrected chi connectivity index (χ2v) is 10.7. The zero-order valence-corrected chi connectivity index (χ0v) is 23.7. The van der Waals surface area contributed by atoms with E-state index in [0.717, 1.165) is 20.6 Å². The van der Waals surface area contributed by atoms with Crippen LogP contribution >= 0.6 is 23.2 Å². The van der Waals surface area contributed by atoms with Crippen molar-refractivity contribution in [3.63, 3.8) is 0 Å². The number of amides is 1. The number of carbonyl (C=O) groups excluding carboxylic acids is 1. The van der Waals surface area contributed by atoms with Crippen molar-refractivity contribution in [3.05, 3.63) is 80.7 Å². The van der Waals surface area contributed by atoms with E-state index < -0.39 is 49.2 Å². The summed E-state index contributed by atoms with van der Waals surface area (Å²) in [6.07, 6.45) is -11.5.